The fourth-order valence-electron chi connectivity index (χ4n) is 0.886. The van der Waals surface area contributed by atoms with Crippen LogP contribution in [0.3, 0.4) is 0 Å². The molecule has 72 valence electrons. The molecule has 0 amide bonds. The molecule has 3 heteroatoms. The molecule has 0 aliphatic rings. The lowest BCUT2D eigenvalue weighted by Gasteiger charge is -2.10. The molecule has 0 saturated carbocycles. The first-order valence-corrected chi connectivity index (χ1v) is 5.45. The van der Waals surface area contributed by atoms with E-state index < -0.39 is 10.6 Å². The van der Waals surface area contributed by atoms with Crippen LogP contribution in [0.2, 0.25) is 0 Å². The summed E-state index contributed by atoms with van der Waals surface area (Å²) in [5, 5.41) is 0. The van der Waals surface area contributed by atoms with Crippen LogP contribution >= 0.6 is 0 Å². The average Bonchev–Trinajstić information content (AvgIpc) is 2.03. The summed E-state index contributed by atoms with van der Waals surface area (Å²) >= 11 is 0. The second-order valence-corrected chi connectivity index (χ2v) is 5.14. The second-order valence-electron chi connectivity index (χ2n) is 3.88. The van der Waals surface area contributed by atoms with E-state index in [1.807, 2.05) is 51.1 Å². The maximum absolute atomic E-state index is 11.6. The number of thiol groups is 1. The fraction of sp³-hybridized carbons (Fsp3) is 0.400. The number of rotatable bonds is 1. The van der Waals surface area contributed by atoms with Crippen LogP contribution in [0.1, 0.15) is 20.8 Å². The molecule has 0 aromatic heterocycles. The molecule has 2 nitrogen and oxygen atoms in total. The van der Waals surface area contributed by atoms with Crippen LogP contribution in [0.5, 0.6) is 0 Å². The summed E-state index contributed by atoms with van der Waals surface area (Å²) in [7, 11) is -1.59. The Kier molecular flexibility index (Phi) is 3.09. The van der Waals surface area contributed by atoms with Gasteiger partial charge in [-0.1, -0.05) is 18.2 Å². The molecule has 0 heterocycles. The van der Waals surface area contributed by atoms with Gasteiger partial charge in [0.1, 0.15) is 0 Å². The lowest BCUT2D eigenvalue weighted by molar-refractivity contribution is 0.584. The third-order valence-corrected chi connectivity index (χ3v) is 2.89. The predicted molar refractivity (Wildman–Crippen MR) is 56.4 cm³/mol. The summed E-state index contributed by atoms with van der Waals surface area (Å²) in [5.41, 5.74) is -0.233. The van der Waals surface area contributed by atoms with Crippen molar-refractivity contribution in [2.24, 2.45) is 4.36 Å². The number of nitrogens with zero attached hydrogens (tertiary/aromatic N) is 1. The van der Waals surface area contributed by atoms with Crippen molar-refractivity contribution in [2.45, 2.75) is 31.2 Å². The van der Waals surface area contributed by atoms with Gasteiger partial charge in [0.05, 0.1) is 16.1 Å². The topological polar surface area (TPSA) is 29.4 Å². The molecule has 13 heavy (non-hydrogen) atoms. The van der Waals surface area contributed by atoms with Crippen molar-refractivity contribution in [1.82, 2.24) is 0 Å². The smallest absolute Gasteiger partial charge is 0.0647 e. The Hall–Kier alpha value is -0.830. The molecule has 0 radical (unpaired) electrons. The SMILES string of the molecule is CC(C)(C)/N=[SH](=O)/c1ccccc1. The minimum atomic E-state index is -1.59. The number of benzene rings is 1. The van der Waals surface area contributed by atoms with E-state index in [1.54, 1.807) is 0 Å². The normalized spacial score (nSPS) is 14.4. The highest BCUT2D eigenvalue weighted by Crippen LogP contribution is 2.10. The van der Waals surface area contributed by atoms with Gasteiger partial charge >= 0.3 is 0 Å². The van der Waals surface area contributed by atoms with Crippen LogP contribution in [0, 0.1) is 0 Å². The van der Waals surface area contributed by atoms with E-state index in [-0.39, 0.29) is 5.54 Å². The first-order chi connectivity index (χ1) is 5.99. The molecule has 0 aliphatic heterocycles. The minimum Gasteiger partial charge on any atom is -0.248 e. The minimum absolute atomic E-state index is 0.233. The Bertz CT molecular complexity index is 345. The van der Waals surface area contributed by atoms with Crippen LogP contribution in [0.4, 0.5) is 0 Å². The van der Waals surface area contributed by atoms with Gasteiger partial charge < -0.3 is 0 Å². The van der Waals surface area contributed by atoms with Crippen LogP contribution in [0.15, 0.2) is 39.6 Å². The fourth-order valence-corrected chi connectivity index (χ4v) is 1.97. The van der Waals surface area contributed by atoms with Crippen molar-refractivity contribution < 1.29 is 4.21 Å². The molecule has 0 bridgehead atoms. The largest absolute Gasteiger partial charge is 0.248 e. The zero-order valence-electron chi connectivity index (χ0n) is 8.19. The van der Waals surface area contributed by atoms with Crippen LogP contribution in [-0.2, 0) is 10.6 Å². The summed E-state index contributed by atoms with van der Waals surface area (Å²) in [5.74, 6) is 0. The van der Waals surface area contributed by atoms with E-state index in [0.717, 1.165) is 4.90 Å². The quantitative estimate of drug-likeness (QED) is 0.689. The van der Waals surface area contributed by atoms with Gasteiger partial charge in [-0.05, 0) is 32.9 Å². The third kappa shape index (κ3) is 3.59. The molecule has 0 aliphatic carbocycles. The monoisotopic (exact) mass is 197 g/mol. The van der Waals surface area contributed by atoms with E-state index in [2.05, 4.69) is 4.36 Å². The molecular weight excluding hydrogens is 182 g/mol. The van der Waals surface area contributed by atoms with E-state index in [1.165, 1.54) is 0 Å². The molecule has 1 atom stereocenters. The first kappa shape index (κ1) is 10.3. The van der Waals surface area contributed by atoms with Crippen LogP contribution in [-0.4, -0.2) is 9.75 Å². The third-order valence-electron chi connectivity index (χ3n) is 1.37. The standard InChI is InChI=1S/C10H15NOS/c1-10(2,3)11-13(12)9-7-5-4-6-8-9/h4-8,13H,1-3H3. The van der Waals surface area contributed by atoms with Gasteiger partial charge in [-0.3, -0.25) is 0 Å². The van der Waals surface area contributed by atoms with Gasteiger partial charge in [0.2, 0.25) is 0 Å². The molecule has 1 aromatic rings. The maximum atomic E-state index is 11.6. The molecule has 1 aromatic carbocycles. The average molecular weight is 197 g/mol. The van der Waals surface area contributed by atoms with Crippen molar-refractivity contribution in [3.63, 3.8) is 0 Å². The Labute approximate surface area is 81.2 Å². The van der Waals surface area contributed by atoms with Crippen LogP contribution < -0.4 is 0 Å². The number of hydrogen-bond acceptors (Lipinski definition) is 2. The Morgan fingerprint density at radius 1 is 1.15 bits per heavy atom. The van der Waals surface area contributed by atoms with E-state index in [4.69, 9.17) is 0 Å². The van der Waals surface area contributed by atoms with Gasteiger partial charge in [-0.25, -0.2) is 8.57 Å². The van der Waals surface area contributed by atoms with Crippen molar-refractivity contribution in [3.05, 3.63) is 30.3 Å². The van der Waals surface area contributed by atoms with E-state index in [0.29, 0.717) is 0 Å². The molecular formula is C10H15NOS. The highest BCUT2D eigenvalue weighted by atomic mass is 32.2. The van der Waals surface area contributed by atoms with Gasteiger partial charge in [0.25, 0.3) is 0 Å². The summed E-state index contributed by atoms with van der Waals surface area (Å²) in [4.78, 5) is 0.799. The molecule has 1 rings (SSSR count). The Balaban J connectivity index is 3.00. The first-order valence-electron chi connectivity index (χ1n) is 4.24. The van der Waals surface area contributed by atoms with Gasteiger partial charge in [0, 0.05) is 4.90 Å². The van der Waals surface area contributed by atoms with Gasteiger partial charge in [-0.2, -0.15) is 0 Å². The predicted octanol–water partition coefficient (Wildman–Crippen LogP) is 2.51. The highest BCUT2D eigenvalue weighted by molar-refractivity contribution is 7.75. The summed E-state index contributed by atoms with van der Waals surface area (Å²) in [6.07, 6.45) is 0. The molecule has 1 unspecified atom stereocenters. The zero-order valence-corrected chi connectivity index (χ0v) is 9.08. The molecule has 0 fully saturated rings. The highest BCUT2D eigenvalue weighted by Gasteiger charge is 2.06. The van der Waals surface area contributed by atoms with Crippen molar-refractivity contribution in [3.8, 4) is 0 Å². The molecule has 0 spiro atoms. The van der Waals surface area contributed by atoms with Crippen molar-refractivity contribution in [2.75, 3.05) is 0 Å². The zero-order chi connectivity index (χ0) is 9.90. The summed E-state index contributed by atoms with van der Waals surface area (Å²) < 4.78 is 15.8. The van der Waals surface area contributed by atoms with Gasteiger partial charge in [0.15, 0.2) is 0 Å². The summed E-state index contributed by atoms with van der Waals surface area (Å²) in [6, 6.07) is 9.34. The second kappa shape index (κ2) is 3.92. The molecule has 0 saturated heterocycles. The Morgan fingerprint density at radius 2 is 1.69 bits per heavy atom. The van der Waals surface area contributed by atoms with Crippen molar-refractivity contribution >= 4 is 10.6 Å². The Morgan fingerprint density at radius 3 is 2.15 bits per heavy atom. The van der Waals surface area contributed by atoms with E-state index >= 15 is 0 Å². The lowest BCUT2D eigenvalue weighted by Crippen LogP contribution is -2.09. The maximum Gasteiger partial charge on any atom is 0.0647 e. The number of hydrogen-bond donors (Lipinski definition) is 1. The van der Waals surface area contributed by atoms with Crippen molar-refractivity contribution in [1.29, 1.82) is 0 Å². The molecule has 0 N–H and O–H groups in total. The van der Waals surface area contributed by atoms with Crippen LogP contribution in [0.25, 0.3) is 0 Å². The van der Waals surface area contributed by atoms with Gasteiger partial charge in [-0.15, -0.1) is 0 Å². The lowest BCUT2D eigenvalue weighted by atomic mass is 10.1. The summed E-state index contributed by atoms with van der Waals surface area (Å²) in [6.45, 7) is 5.84. The van der Waals surface area contributed by atoms with E-state index in [9.17, 15) is 4.21 Å².